The van der Waals surface area contributed by atoms with Crippen molar-refractivity contribution >= 4 is 11.7 Å². The van der Waals surface area contributed by atoms with Crippen molar-refractivity contribution in [3.63, 3.8) is 0 Å². The molecule has 1 heterocycles. The predicted molar refractivity (Wildman–Crippen MR) is 93.9 cm³/mol. The van der Waals surface area contributed by atoms with E-state index in [2.05, 4.69) is 20.6 Å². The number of anilines is 1. The van der Waals surface area contributed by atoms with Gasteiger partial charge in [-0.25, -0.2) is 9.78 Å². The van der Waals surface area contributed by atoms with E-state index in [0.717, 1.165) is 25.7 Å². The molecule has 1 aliphatic carbocycles. The molecule has 7 nitrogen and oxygen atoms in total. The van der Waals surface area contributed by atoms with Crippen LogP contribution < -0.4 is 20.1 Å². The predicted octanol–water partition coefficient (Wildman–Crippen LogP) is 3.00. The number of benzene rings is 1. The third-order valence-corrected chi connectivity index (χ3v) is 4.19. The number of ether oxygens (including phenoxy) is 2. The van der Waals surface area contributed by atoms with Crippen molar-refractivity contribution in [3.05, 3.63) is 42.9 Å². The Hall–Kier alpha value is -2.83. The molecule has 1 fully saturated rings. The maximum Gasteiger partial charge on any atom is 0.319 e. The lowest BCUT2D eigenvalue weighted by atomic mass is 9.93. The summed E-state index contributed by atoms with van der Waals surface area (Å²) >= 11 is 0. The fourth-order valence-electron chi connectivity index (χ4n) is 2.93. The van der Waals surface area contributed by atoms with Gasteiger partial charge in [0, 0.05) is 18.4 Å². The number of nitrogens with zero attached hydrogens (tertiary/aromatic N) is 2. The van der Waals surface area contributed by atoms with Gasteiger partial charge in [0.2, 0.25) is 5.88 Å². The number of hydrogen-bond donors (Lipinski definition) is 2. The summed E-state index contributed by atoms with van der Waals surface area (Å²) in [4.78, 5) is 20.3. The standard InChI is InChI=1S/C18H22N4O3/c1-24-16-5-3-2-4-15(16)22-18(23)21-13-6-8-14(9-7-13)25-17-12-19-10-11-20-17/h2-5,10-14H,6-9H2,1H3,(H2,21,22,23). The Morgan fingerprint density at radius 2 is 1.96 bits per heavy atom. The van der Waals surface area contributed by atoms with Gasteiger partial charge in [0.25, 0.3) is 0 Å². The highest BCUT2D eigenvalue weighted by atomic mass is 16.5. The summed E-state index contributed by atoms with van der Waals surface area (Å²) in [5.41, 5.74) is 0.655. The van der Waals surface area contributed by atoms with E-state index in [4.69, 9.17) is 9.47 Å². The smallest absolute Gasteiger partial charge is 0.319 e. The maximum absolute atomic E-state index is 12.2. The third kappa shape index (κ3) is 4.82. The molecule has 0 spiro atoms. The Kier molecular flexibility index (Phi) is 5.66. The molecule has 25 heavy (non-hydrogen) atoms. The first-order chi connectivity index (χ1) is 12.2. The van der Waals surface area contributed by atoms with E-state index in [-0.39, 0.29) is 18.2 Å². The van der Waals surface area contributed by atoms with Crippen LogP contribution in [0.4, 0.5) is 10.5 Å². The number of urea groups is 1. The lowest BCUT2D eigenvalue weighted by Gasteiger charge is -2.29. The minimum atomic E-state index is -0.220. The first-order valence-electron chi connectivity index (χ1n) is 8.38. The van der Waals surface area contributed by atoms with Crippen LogP contribution in [0.3, 0.4) is 0 Å². The normalized spacial score (nSPS) is 19.7. The van der Waals surface area contributed by atoms with Gasteiger partial charge in [0.15, 0.2) is 0 Å². The van der Waals surface area contributed by atoms with Crippen LogP contribution in [-0.2, 0) is 0 Å². The van der Waals surface area contributed by atoms with E-state index in [0.29, 0.717) is 17.3 Å². The largest absolute Gasteiger partial charge is 0.495 e. The highest BCUT2D eigenvalue weighted by Gasteiger charge is 2.24. The van der Waals surface area contributed by atoms with Gasteiger partial charge in [-0.15, -0.1) is 0 Å². The highest BCUT2D eigenvalue weighted by molar-refractivity contribution is 5.91. The quantitative estimate of drug-likeness (QED) is 0.872. The number of hydrogen-bond acceptors (Lipinski definition) is 5. The number of nitrogens with one attached hydrogen (secondary N) is 2. The molecular weight excluding hydrogens is 320 g/mol. The molecule has 7 heteroatoms. The maximum atomic E-state index is 12.2. The molecule has 0 atom stereocenters. The Balaban J connectivity index is 1.45. The van der Waals surface area contributed by atoms with Crippen molar-refractivity contribution in [3.8, 4) is 11.6 Å². The van der Waals surface area contributed by atoms with Crippen molar-refractivity contribution in [2.24, 2.45) is 0 Å². The number of para-hydroxylation sites is 2. The molecule has 1 aromatic carbocycles. The Labute approximate surface area is 146 Å². The van der Waals surface area contributed by atoms with E-state index in [9.17, 15) is 4.79 Å². The Bertz CT molecular complexity index is 688. The van der Waals surface area contributed by atoms with Crippen molar-refractivity contribution in [2.45, 2.75) is 37.8 Å². The monoisotopic (exact) mass is 342 g/mol. The summed E-state index contributed by atoms with van der Waals surface area (Å²) in [5.74, 6) is 1.19. The van der Waals surface area contributed by atoms with Crippen molar-refractivity contribution in [1.29, 1.82) is 0 Å². The average molecular weight is 342 g/mol. The first kappa shape index (κ1) is 17.0. The van der Waals surface area contributed by atoms with Crippen LogP contribution in [0.25, 0.3) is 0 Å². The van der Waals surface area contributed by atoms with Gasteiger partial charge < -0.3 is 20.1 Å². The summed E-state index contributed by atoms with van der Waals surface area (Å²) in [5, 5.41) is 5.85. The van der Waals surface area contributed by atoms with Gasteiger partial charge in [-0.05, 0) is 37.8 Å². The zero-order valence-electron chi connectivity index (χ0n) is 14.1. The molecule has 2 amide bonds. The second-order valence-corrected chi connectivity index (χ2v) is 5.93. The molecule has 1 saturated carbocycles. The molecule has 0 unspecified atom stereocenters. The Morgan fingerprint density at radius 3 is 2.68 bits per heavy atom. The van der Waals surface area contributed by atoms with E-state index in [1.807, 2.05) is 24.3 Å². The molecule has 3 rings (SSSR count). The zero-order chi connectivity index (χ0) is 17.5. The molecule has 2 N–H and O–H groups in total. The summed E-state index contributed by atoms with van der Waals surface area (Å²) in [7, 11) is 1.58. The number of aromatic nitrogens is 2. The van der Waals surface area contributed by atoms with Gasteiger partial charge >= 0.3 is 6.03 Å². The number of methoxy groups -OCH3 is 1. The van der Waals surface area contributed by atoms with E-state index in [1.54, 1.807) is 25.7 Å². The lowest BCUT2D eigenvalue weighted by molar-refractivity contribution is 0.135. The first-order valence-corrected chi connectivity index (χ1v) is 8.38. The molecule has 1 aliphatic rings. The van der Waals surface area contributed by atoms with E-state index in [1.165, 1.54) is 0 Å². The second-order valence-electron chi connectivity index (χ2n) is 5.93. The minimum absolute atomic E-state index is 0.118. The fraction of sp³-hybridized carbons (Fsp3) is 0.389. The SMILES string of the molecule is COc1ccccc1NC(=O)NC1CCC(Oc2cnccn2)CC1. The molecule has 0 aliphatic heterocycles. The second kappa shape index (κ2) is 8.32. The highest BCUT2D eigenvalue weighted by Crippen LogP contribution is 2.24. The van der Waals surface area contributed by atoms with Crippen LogP contribution in [0.2, 0.25) is 0 Å². The number of carbonyl (C=O) groups is 1. The molecular formula is C18H22N4O3. The van der Waals surface area contributed by atoms with Crippen LogP contribution in [-0.4, -0.2) is 35.3 Å². The molecule has 132 valence electrons. The molecule has 0 saturated heterocycles. The van der Waals surface area contributed by atoms with E-state index >= 15 is 0 Å². The topological polar surface area (TPSA) is 85.4 Å². The Morgan fingerprint density at radius 1 is 1.16 bits per heavy atom. The van der Waals surface area contributed by atoms with Gasteiger partial charge in [0.1, 0.15) is 11.9 Å². The summed E-state index contributed by atoms with van der Waals surface area (Å²) in [6, 6.07) is 7.25. The average Bonchev–Trinajstić information content (AvgIpc) is 2.64. The van der Waals surface area contributed by atoms with E-state index < -0.39 is 0 Å². The van der Waals surface area contributed by atoms with Crippen molar-refractivity contribution < 1.29 is 14.3 Å². The molecule has 2 aromatic rings. The minimum Gasteiger partial charge on any atom is -0.495 e. The van der Waals surface area contributed by atoms with Crippen LogP contribution in [0.1, 0.15) is 25.7 Å². The number of amides is 2. The number of rotatable bonds is 5. The lowest BCUT2D eigenvalue weighted by Crippen LogP contribution is -2.41. The zero-order valence-corrected chi connectivity index (χ0v) is 14.1. The van der Waals surface area contributed by atoms with Gasteiger partial charge in [0.05, 0.1) is 19.0 Å². The molecule has 0 radical (unpaired) electrons. The van der Waals surface area contributed by atoms with Crippen LogP contribution in [0.15, 0.2) is 42.9 Å². The van der Waals surface area contributed by atoms with Crippen LogP contribution in [0.5, 0.6) is 11.6 Å². The van der Waals surface area contributed by atoms with Gasteiger partial charge in [-0.2, -0.15) is 0 Å². The van der Waals surface area contributed by atoms with Gasteiger partial charge in [-0.1, -0.05) is 12.1 Å². The van der Waals surface area contributed by atoms with Crippen LogP contribution in [0, 0.1) is 0 Å². The molecule has 1 aromatic heterocycles. The number of carbonyl (C=O) groups excluding carboxylic acids is 1. The third-order valence-electron chi connectivity index (χ3n) is 4.19. The van der Waals surface area contributed by atoms with Crippen molar-refractivity contribution in [1.82, 2.24) is 15.3 Å². The van der Waals surface area contributed by atoms with Crippen LogP contribution >= 0.6 is 0 Å². The summed E-state index contributed by atoms with van der Waals surface area (Å²) in [6.45, 7) is 0. The fourth-order valence-corrected chi connectivity index (χ4v) is 2.93. The molecule has 0 bridgehead atoms. The van der Waals surface area contributed by atoms with Crippen molar-refractivity contribution in [2.75, 3.05) is 12.4 Å². The summed E-state index contributed by atoms with van der Waals surface area (Å²) < 4.78 is 11.1. The summed E-state index contributed by atoms with van der Waals surface area (Å²) in [6.07, 6.45) is 8.44. The van der Waals surface area contributed by atoms with Gasteiger partial charge in [-0.3, -0.25) is 4.98 Å².